The van der Waals surface area contributed by atoms with Crippen molar-refractivity contribution in [2.45, 2.75) is 32.6 Å². The van der Waals surface area contributed by atoms with Gasteiger partial charge >= 0.3 is 0 Å². The summed E-state index contributed by atoms with van der Waals surface area (Å²) in [5.74, 6) is 0.641. The molecule has 0 radical (unpaired) electrons. The van der Waals surface area contributed by atoms with Crippen molar-refractivity contribution in [2.24, 2.45) is 5.92 Å². The number of sulfonamides is 1. The van der Waals surface area contributed by atoms with Crippen LogP contribution in [0.4, 0.5) is 0 Å². The summed E-state index contributed by atoms with van der Waals surface area (Å²) in [6.07, 6.45) is 5.27. The average Bonchev–Trinajstić information content (AvgIpc) is 2.47. The zero-order chi connectivity index (χ0) is 14.2. The molecule has 1 heterocycles. The zero-order valence-electron chi connectivity index (χ0n) is 11.9. The molecule has 4 heteroatoms. The lowest BCUT2D eigenvalue weighted by molar-refractivity contribution is 0.289. The quantitative estimate of drug-likeness (QED) is 0.840. The molecule has 0 bridgehead atoms. The van der Waals surface area contributed by atoms with Gasteiger partial charge in [0.25, 0.3) is 0 Å². The Balaban J connectivity index is 1.87. The van der Waals surface area contributed by atoms with Crippen molar-refractivity contribution < 1.29 is 8.42 Å². The van der Waals surface area contributed by atoms with E-state index in [-0.39, 0.29) is 0 Å². The van der Waals surface area contributed by atoms with Crippen LogP contribution in [0.25, 0.3) is 6.08 Å². The van der Waals surface area contributed by atoms with E-state index in [2.05, 4.69) is 13.0 Å². The monoisotopic (exact) mass is 291 g/mol. The first-order chi connectivity index (χ1) is 9.57. The summed E-state index contributed by atoms with van der Waals surface area (Å²) in [5.41, 5.74) is 2.31. The van der Waals surface area contributed by atoms with Crippen LogP contribution in [0.3, 0.4) is 0 Å². The van der Waals surface area contributed by atoms with Crippen molar-refractivity contribution in [1.82, 2.24) is 4.31 Å². The zero-order valence-corrected chi connectivity index (χ0v) is 12.7. The van der Waals surface area contributed by atoms with E-state index >= 15 is 0 Å². The largest absolute Gasteiger partial charge is 0.239 e. The molecule has 0 saturated carbocycles. The van der Waals surface area contributed by atoms with Crippen molar-refractivity contribution in [3.8, 4) is 0 Å². The molecule has 1 aliphatic carbocycles. The lowest BCUT2D eigenvalue weighted by Crippen LogP contribution is -2.38. The first-order valence-electron chi connectivity index (χ1n) is 7.36. The van der Waals surface area contributed by atoms with Crippen LogP contribution in [0, 0.1) is 5.92 Å². The lowest BCUT2D eigenvalue weighted by atomic mass is 9.98. The summed E-state index contributed by atoms with van der Waals surface area (Å²) < 4.78 is 27.1. The third kappa shape index (κ3) is 2.54. The number of nitrogens with zero attached hydrogens (tertiary/aromatic N) is 1. The number of hydrogen-bond acceptors (Lipinski definition) is 2. The van der Waals surface area contributed by atoms with E-state index in [1.807, 2.05) is 24.3 Å². The minimum atomic E-state index is -3.26. The van der Waals surface area contributed by atoms with E-state index in [0.717, 1.165) is 24.8 Å². The summed E-state index contributed by atoms with van der Waals surface area (Å²) in [6, 6.07) is 8.06. The first-order valence-corrected chi connectivity index (χ1v) is 8.80. The van der Waals surface area contributed by atoms with Crippen LogP contribution in [0.2, 0.25) is 0 Å². The van der Waals surface area contributed by atoms with E-state index in [1.165, 1.54) is 5.56 Å². The number of allylic oxidation sites excluding steroid dienone is 1. The molecule has 0 unspecified atom stereocenters. The van der Waals surface area contributed by atoms with E-state index in [4.69, 9.17) is 0 Å². The standard InChI is InChI=1S/C16H21NO2S/c1-13-8-10-17(11-9-13)20(18,19)16-7-6-14-4-2-3-5-15(14)12-16/h2-5,12-13H,6-11H2,1H3. The maximum Gasteiger partial charge on any atom is 0.239 e. The Labute approximate surface area is 121 Å². The second-order valence-electron chi connectivity index (χ2n) is 5.90. The summed E-state index contributed by atoms with van der Waals surface area (Å²) in [4.78, 5) is 0.589. The molecule has 3 rings (SSSR count). The fourth-order valence-corrected chi connectivity index (χ4v) is 4.66. The molecule has 1 aliphatic heterocycles. The van der Waals surface area contributed by atoms with Gasteiger partial charge in [0.05, 0.1) is 4.91 Å². The number of rotatable bonds is 2. The van der Waals surface area contributed by atoms with Crippen LogP contribution in [0.15, 0.2) is 29.2 Å². The lowest BCUT2D eigenvalue weighted by Gasteiger charge is -2.31. The fraction of sp³-hybridized carbons (Fsp3) is 0.500. The highest BCUT2D eigenvalue weighted by molar-refractivity contribution is 7.93. The molecule has 2 aliphatic rings. The Kier molecular flexibility index (Phi) is 3.69. The molecule has 3 nitrogen and oxygen atoms in total. The maximum absolute atomic E-state index is 12.7. The third-order valence-electron chi connectivity index (χ3n) is 4.43. The van der Waals surface area contributed by atoms with Crippen LogP contribution in [-0.2, 0) is 16.4 Å². The van der Waals surface area contributed by atoms with Gasteiger partial charge in [-0.15, -0.1) is 0 Å². The van der Waals surface area contributed by atoms with Crippen molar-refractivity contribution in [3.63, 3.8) is 0 Å². The van der Waals surface area contributed by atoms with Gasteiger partial charge in [0.15, 0.2) is 0 Å². The molecule has 108 valence electrons. The SMILES string of the molecule is CC1CCN(S(=O)(=O)C2=Cc3ccccc3CC2)CC1. The maximum atomic E-state index is 12.7. The van der Waals surface area contributed by atoms with E-state index in [9.17, 15) is 8.42 Å². The Morgan fingerprint density at radius 1 is 1.10 bits per heavy atom. The van der Waals surface area contributed by atoms with Crippen molar-refractivity contribution in [3.05, 3.63) is 40.3 Å². The fourth-order valence-electron chi connectivity index (χ4n) is 3.00. The van der Waals surface area contributed by atoms with Crippen LogP contribution < -0.4 is 0 Å². The van der Waals surface area contributed by atoms with Crippen molar-refractivity contribution in [1.29, 1.82) is 0 Å². The van der Waals surface area contributed by atoms with Crippen LogP contribution >= 0.6 is 0 Å². The molecule has 0 aromatic heterocycles. The molecule has 1 saturated heterocycles. The molecular formula is C16H21NO2S. The Morgan fingerprint density at radius 2 is 1.80 bits per heavy atom. The Morgan fingerprint density at radius 3 is 2.55 bits per heavy atom. The minimum Gasteiger partial charge on any atom is -0.207 e. The molecule has 1 aromatic carbocycles. The van der Waals surface area contributed by atoms with Crippen molar-refractivity contribution >= 4 is 16.1 Å². The average molecular weight is 291 g/mol. The van der Waals surface area contributed by atoms with Crippen LogP contribution in [0.5, 0.6) is 0 Å². The van der Waals surface area contributed by atoms with Gasteiger partial charge in [-0.05, 0) is 48.8 Å². The summed E-state index contributed by atoms with van der Waals surface area (Å²) in [6.45, 7) is 3.53. The minimum absolute atomic E-state index is 0.589. The molecule has 20 heavy (non-hydrogen) atoms. The highest BCUT2D eigenvalue weighted by Gasteiger charge is 2.30. The van der Waals surface area contributed by atoms with Gasteiger partial charge in [0, 0.05) is 13.1 Å². The van der Waals surface area contributed by atoms with Gasteiger partial charge in [-0.2, -0.15) is 4.31 Å². The molecular weight excluding hydrogens is 270 g/mol. The number of aryl methyl sites for hydroxylation is 1. The molecule has 1 aromatic rings. The molecule has 0 atom stereocenters. The highest BCUT2D eigenvalue weighted by atomic mass is 32.2. The summed E-state index contributed by atoms with van der Waals surface area (Å²) in [5, 5.41) is 0. The Hall–Kier alpha value is -1.13. The predicted molar refractivity (Wildman–Crippen MR) is 81.6 cm³/mol. The molecule has 0 spiro atoms. The van der Waals surface area contributed by atoms with E-state index < -0.39 is 10.0 Å². The van der Waals surface area contributed by atoms with Crippen LogP contribution in [-0.4, -0.2) is 25.8 Å². The highest BCUT2D eigenvalue weighted by Crippen LogP contribution is 2.30. The van der Waals surface area contributed by atoms with Crippen LogP contribution in [0.1, 0.15) is 37.3 Å². The normalized spacial score (nSPS) is 21.4. The summed E-state index contributed by atoms with van der Waals surface area (Å²) >= 11 is 0. The second kappa shape index (κ2) is 5.34. The predicted octanol–water partition coefficient (Wildman–Crippen LogP) is 3.04. The van der Waals surface area contributed by atoms with Gasteiger partial charge < -0.3 is 0 Å². The van der Waals surface area contributed by atoms with E-state index in [1.54, 1.807) is 4.31 Å². The molecule has 0 amide bonds. The number of benzene rings is 1. The first kappa shape index (κ1) is 13.8. The Bertz CT molecular complexity index is 626. The third-order valence-corrected chi connectivity index (χ3v) is 6.46. The van der Waals surface area contributed by atoms with E-state index in [0.29, 0.717) is 30.3 Å². The van der Waals surface area contributed by atoms with Gasteiger partial charge in [0.1, 0.15) is 0 Å². The van der Waals surface area contributed by atoms with Gasteiger partial charge in [-0.3, -0.25) is 0 Å². The number of hydrogen-bond donors (Lipinski definition) is 0. The van der Waals surface area contributed by atoms with Gasteiger partial charge in [-0.25, -0.2) is 8.42 Å². The summed E-state index contributed by atoms with van der Waals surface area (Å²) in [7, 11) is -3.26. The second-order valence-corrected chi connectivity index (χ2v) is 7.89. The molecule has 1 fully saturated rings. The topological polar surface area (TPSA) is 37.4 Å². The number of fused-ring (bicyclic) bond motifs is 1. The molecule has 0 N–H and O–H groups in total. The smallest absolute Gasteiger partial charge is 0.207 e. The number of piperidine rings is 1. The van der Waals surface area contributed by atoms with Crippen molar-refractivity contribution in [2.75, 3.05) is 13.1 Å². The van der Waals surface area contributed by atoms with Gasteiger partial charge in [-0.1, -0.05) is 31.2 Å². The van der Waals surface area contributed by atoms with Gasteiger partial charge in [0.2, 0.25) is 10.0 Å².